The first-order chi connectivity index (χ1) is 9.14. The Morgan fingerprint density at radius 1 is 0.895 bits per heavy atom. The molecule has 0 unspecified atom stereocenters. The fourth-order valence-corrected chi connectivity index (χ4v) is 7.60. The third-order valence-corrected chi connectivity index (χ3v) is 9.63. The van der Waals surface area contributed by atoms with Gasteiger partial charge in [-0.25, -0.2) is 0 Å². The first kappa shape index (κ1) is 19.7. The molecule has 0 radical (unpaired) electrons. The van der Waals surface area contributed by atoms with Crippen LogP contribution in [0.2, 0.25) is 0 Å². The third-order valence-electron chi connectivity index (χ3n) is 4.00. The van der Waals surface area contributed by atoms with Gasteiger partial charge < -0.3 is 0 Å². The van der Waals surface area contributed by atoms with Gasteiger partial charge in [0, 0.05) is 12.6 Å². The van der Waals surface area contributed by atoms with E-state index in [-0.39, 0.29) is 0 Å². The Morgan fingerprint density at radius 2 is 1.32 bits per heavy atom. The second-order valence-electron chi connectivity index (χ2n) is 5.94. The summed E-state index contributed by atoms with van der Waals surface area (Å²) >= 11 is 3.58. The van der Waals surface area contributed by atoms with Gasteiger partial charge in [0.2, 0.25) is 0 Å². The van der Waals surface area contributed by atoms with Crippen molar-refractivity contribution >= 4 is 23.2 Å². The van der Waals surface area contributed by atoms with Crippen LogP contribution in [0.25, 0.3) is 0 Å². The number of halogens is 1. The van der Waals surface area contributed by atoms with Gasteiger partial charge in [0.15, 0.2) is 0 Å². The van der Waals surface area contributed by atoms with Gasteiger partial charge in [0.1, 0.15) is 0 Å². The Labute approximate surface area is 131 Å². The summed E-state index contributed by atoms with van der Waals surface area (Å²) in [5, 5.41) is 1.04. The van der Waals surface area contributed by atoms with E-state index >= 15 is 0 Å². The molecule has 0 amide bonds. The zero-order valence-electron chi connectivity index (χ0n) is 13.7. The first-order valence-corrected chi connectivity index (χ1v) is 11.9. The lowest BCUT2D eigenvalue weighted by atomic mass is 10.3. The summed E-state index contributed by atoms with van der Waals surface area (Å²) in [6, 6.07) is 0. The molecule has 0 aromatic carbocycles. The molecule has 0 nitrogen and oxygen atoms in total. The van der Waals surface area contributed by atoms with E-state index in [0.29, 0.717) is 0 Å². The predicted molar refractivity (Wildman–Crippen MR) is 98.7 cm³/mol. The van der Waals surface area contributed by atoms with E-state index in [2.05, 4.69) is 49.7 Å². The topological polar surface area (TPSA) is 0 Å². The molecule has 0 aromatic heterocycles. The minimum absolute atomic E-state index is 0.710. The van der Waals surface area contributed by atoms with Crippen LogP contribution in [0.3, 0.4) is 0 Å². The number of unbranched alkanes of at least 4 members (excludes halogenated alkanes) is 3. The van der Waals surface area contributed by atoms with Crippen molar-refractivity contribution in [1.29, 1.82) is 0 Å². The molecule has 2 heteroatoms. The van der Waals surface area contributed by atoms with Crippen LogP contribution in [0.4, 0.5) is 0 Å². The lowest BCUT2D eigenvalue weighted by Gasteiger charge is -2.27. The Hall–Kier alpha value is 0.650. The van der Waals surface area contributed by atoms with Crippen molar-refractivity contribution in [2.24, 2.45) is 0 Å². The quantitative estimate of drug-likeness (QED) is 0.208. The van der Waals surface area contributed by atoms with Crippen LogP contribution in [-0.4, -0.2) is 30.0 Å². The van der Waals surface area contributed by atoms with Crippen molar-refractivity contribution in [3.8, 4) is 0 Å². The molecule has 0 aromatic rings. The SMILES string of the molecule is CCCC[P+](CC=C(C)CBr)(CCCC)CCCC. The molecule has 0 aliphatic rings. The second-order valence-corrected chi connectivity index (χ2v) is 10.9. The van der Waals surface area contributed by atoms with Gasteiger partial charge >= 0.3 is 0 Å². The molecule has 0 bridgehead atoms. The normalized spacial score (nSPS) is 13.0. The van der Waals surface area contributed by atoms with E-state index in [1.54, 1.807) is 0 Å². The van der Waals surface area contributed by atoms with Crippen LogP contribution in [0.1, 0.15) is 66.2 Å². The highest BCUT2D eigenvalue weighted by molar-refractivity contribution is 9.09. The summed E-state index contributed by atoms with van der Waals surface area (Å²) in [7, 11) is -0.710. The molecule has 0 rings (SSSR count). The molecule has 0 fully saturated rings. The van der Waals surface area contributed by atoms with Gasteiger partial charge in [-0.2, -0.15) is 0 Å². The molecule has 0 atom stereocenters. The molecule has 0 aliphatic carbocycles. The van der Waals surface area contributed by atoms with E-state index in [9.17, 15) is 0 Å². The number of alkyl halides is 1. The molecule has 0 saturated heterocycles. The Kier molecular flexibility index (Phi) is 12.8. The number of allylic oxidation sites excluding steroid dienone is 2. The van der Waals surface area contributed by atoms with Crippen LogP contribution in [0, 0.1) is 0 Å². The maximum absolute atomic E-state index is 3.58. The van der Waals surface area contributed by atoms with Gasteiger partial charge in [0.25, 0.3) is 0 Å². The lowest BCUT2D eigenvalue weighted by Crippen LogP contribution is -2.12. The summed E-state index contributed by atoms with van der Waals surface area (Å²) in [4.78, 5) is 0. The summed E-state index contributed by atoms with van der Waals surface area (Å²) in [5.74, 6) is 0. The minimum atomic E-state index is -0.710. The van der Waals surface area contributed by atoms with Crippen molar-refractivity contribution in [3.05, 3.63) is 11.6 Å². The van der Waals surface area contributed by atoms with Gasteiger partial charge in [-0.05, 0) is 32.3 Å². The van der Waals surface area contributed by atoms with Gasteiger partial charge in [-0.3, -0.25) is 0 Å². The number of hydrogen-bond acceptors (Lipinski definition) is 0. The van der Waals surface area contributed by atoms with E-state index in [0.717, 1.165) is 5.33 Å². The summed E-state index contributed by atoms with van der Waals surface area (Å²) in [5.41, 5.74) is 1.52. The van der Waals surface area contributed by atoms with Crippen molar-refractivity contribution in [2.75, 3.05) is 30.0 Å². The number of hydrogen-bond donors (Lipinski definition) is 0. The van der Waals surface area contributed by atoms with Gasteiger partial charge in [-0.1, -0.05) is 61.5 Å². The molecule has 0 aliphatic heterocycles. The van der Waals surface area contributed by atoms with E-state index < -0.39 is 7.26 Å². The highest BCUT2D eigenvalue weighted by Crippen LogP contribution is 2.60. The molecule has 114 valence electrons. The summed E-state index contributed by atoms with van der Waals surface area (Å²) < 4.78 is 0. The zero-order valence-corrected chi connectivity index (χ0v) is 16.2. The van der Waals surface area contributed by atoms with Crippen molar-refractivity contribution in [3.63, 3.8) is 0 Å². The summed E-state index contributed by atoms with van der Waals surface area (Å²) in [6.07, 6.45) is 17.0. The zero-order chi connectivity index (χ0) is 14.6. The monoisotopic (exact) mass is 349 g/mol. The minimum Gasteiger partial charge on any atom is -0.0880 e. The van der Waals surface area contributed by atoms with Gasteiger partial charge in [-0.15, -0.1) is 0 Å². The maximum atomic E-state index is 3.58. The predicted octanol–water partition coefficient (Wildman–Crippen LogP) is 6.75. The molecule has 0 heterocycles. The van der Waals surface area contributed by atoms with Crippen LogP contribution in [0.15, 0.2) is 11.6 Å². The van der Waals surface area contributed by atoms with Crippen molar-refractivity contribution in [1.82, 2.24) is 0 Å². The van der Waals surface area contributed by atoms with Gasteiger partial charge in [0.05, 0.1) is 24.6 Å². The highest BCUT2D eigenvalue weighted by Gasteiger charge is 2.34. The Balaban J connectivity index is 4.75. The molecular weight excluding hydrogens is 315 g/mol. The fourth-order valence-electron chi connectivity index (χ4n) is 2.49. The second kappa shape index (κ2) is 12.4. The van der Waals surface area contributed by atoms with Crippen LogP contribution >= 0.6 is 23.2 Å². The Bertz CT molecular complexity index is 214. The average molecular weight is 350 g/mol. The maximum Gasteiger partial charge on any atom is 0.0776 e. The molecular formula is C17H35BrP+. The Morgan fingerprint density at radius 3 is 1.63 bits per heavy atom. The lowest BCUT2D eigenvalue weighted by molar-refractivity contribution is 0.835. The molecule has 0 N–H and O–H groups in total. The van der Waals surface area contributed by atoms with E-state index in [1.807, 2.05) is 0 Å². The largest absolute Gasteiger partial charge is 0.0880 e. The smallest absolute Gasteiger partial charge is 0.0776 e. The standard InChI is InChI=1S/C17H35BrP/c1-5-8-12-19(13-9-6-2,14-10-7-3)15-11-17(4)16-18/h11H,5-10,12-16H2,1-4H3/q+1. The van der Waals surface area contributed by atoms with Crippen molar-refractivity contribution < 1.29 is 0 Å². The third kappa shape index (κ3) is 9.24. The fraction of sp³-hybridized carbons (Fsp3) is 0.882. The van der Waals surface area contributed by atoms with E-state index in [4.69, 9.17) is 0 Å². The summed E-state index contributed by atoms with van der Waals surface area (Å²) in [6.45, 7) is 9.29. The molecule has 0 saturated carbocycles. The van der Waals surface area contributed by atoms with Crippen molar-refractivity contribution in [2.45, 2.75) is 66.2 Å². The first-order valence-electron chi connectivity index (χ1n) is 8.20. The van der Waals surface area contributed by atoms with E-state index in [1.165, 1.54) is 68.7 Å². The number of rotatable bonds is 12. The average Bonchev–Trinajstić information content (AvgIpc) is 2.45. The van der Waals surface area contributed by atoms with Crippen LogP contribution < -0.4 is 0 Å². The van der Waals surface area contributed by atoms with Crippen LogP contribution in [-0.2, 0) is 0 Å². The van der Waals surface area contributed by atoms with Crippen LogP contribution in [0.5, 0.6) is 0 Å². The molecule has 19 heavy (non-hydrogen) atoms. The molecule has 0 spiro atoms. The highest BCUT2D eigenvalue weighted by atomic mass is 79.9.